The van der Waals surface area contributed by atoms with Crippen molar-refractivity contribution < 1.29 is 28.7 Å². The number of carbonyl (C=O) groups excluding carboxylic acids is 4. The second-order valence-corrected chi connectivity index (χ2v) is 8.21. The summed E-state index contributed by atoms with van der Waals surface area (Å²) in [7, 11) is 2.83. The molecule has 0 atom stereocenters. The largest absolute Gasteiger partial charge is 0.496 e. The first-order valence-electron chi connectivity index (χ1n) is 8.65. The van der Waals surface area contributed by atoms with E-state index in [4.69, 9.17) is 9.47 Å². The molecule has 0 saturated carbocycles. The standard InChI is InChI=1S/C22H12Br2O6/c1-29-15-5-3-9-17(13(25)7-11(23)21(9)27)19(15)20-16(30-2)6-4-10-18(20)14(26)8-12(24)22(10)28/h3-8H,1-2H3. The van der Waals surface area contributed by atoms with Crippen molar-refractivity contribution >= 4 is 55.0 Å². The Morgan fingerprint density at radius 3 is 1.30 bits per heavy atom. The lowest BCUT2D eigenvalue weighted by molar-refractivity contribution is 0.0990. The quantitative estimate of drug-likeness (QED) is 0.571. The lowest BCUT2D eigenvalue weighted by atomic mass is 9.81. The average Bonchev–Trinajstić information content (AvgIpc) is 2.73. The van der Waals surface area contributed by atoms with Crippen molar-refractivity contribution in [3.05, 3.63) is 67.6 Å². The van der Waals surface area contributed by atoms with E-state index < -0.39 is 11.6 Å². The predicted molar refractivity (Wildman–Crippen MR) is 116 cm³/mol. The summed E-state index contributed by atoms with van der Waals surface area (Å²) < 4.78 is 11.2. The maximum atomic E-state index is 12.9. The normalized spacial score (nSPS) is 15.3. The molecule has 0 fully saturated rings. The zero-order chi connectivity index (χ0) is 21.7. The molecule has 2 aromatic rings. The van der Waals surface area contributed by atoms with Gasteiger partial charge in [-0.1, -0.05) is 0 Å². The third-order valence-corrected chi connectivity index (χ3v) is 6.13. The van der Waals surface area contributed by atoms with Crippen LogP contribution in [0.1, 0.15) is 41.4 Å². The Labute approximate surface area is 187 Å². The minimum atomic E-state index is -0.434. The van der Waals surface area contributed by atoms with Crippen LogP contribution in [0.2, 0.25) is 0 Å². The third kappa shape index (κ3) is 2.90. The van der Waals surface area contributed by atoms with Crippen LogP contribution in [0.5, 0.6) is 11.5 Å². The summed E-state index contributed by atoms with van der Waals surface area (Å²) in [4.78, 5) is 51.2. The van der Waals surface area contributed by atoms with E-state index in [-0.39, 0.29) is 65.4 Å². The highest BCUT2D eigenvalue weighted by Crippen LogP contribution is 2.46. The maximum absolute atomic E-state index is 12.9. The first kappa shape index (κ1) is 20.4. The molecule has 0 heterocycles. The highest BCUT2D eigenvalue weighted by atomic mass is 79.9. The summed E-state index contributed by atoms with van der Waals surface area (Å²) >= 11 is 6.23. The van der Waals surface area contributed by atoms with Crippen molar-refractivity contribution in [2.24, 2.45) is 0 Å². The SMILES string of the molecule is COc1ccc2c(c1-c1c(OC)ccc3c1C(=O)C=C(Br)C3=O)C(=O)C=C(Br)C2=O. The summed E-state index contributed by atoms with van der Waals surface area (Å²) in [5.74, 6) is -1.08. The van der Waals surface area contributed by atoms with E-state index in [0.29, 0.717) is 0 Å². The average molecular weight is 532 g/mol. The lowest BCUT2D eigenvalue weighted by Crippen LogP contribution is -2.19. The van der Waals surface area contributed by atoms with Crippen molar-refractivity contribution in [2.75, 3.05) is 14.2 Å². The molecule has 2 aliphatic rings. The Kier molecular flexibility index (Phi) is 5.07. The Balaban J connectivity index is 2.17. The number of carbonyl (C=O) groups is 4. The van der Waals surface area contributed by atoms with E-state index in [1.807, 2.05) is 0 Å². The molecule has 6 nitrogen and oxygen atoms in total. The number of hydrogen-bond donors (Lipinski definition) is 0. The Morgan fingerprint density at radius 1 is 0.600 bits per heavy atom. The molecule has 150 valence electrons. The number of halogens is 2. The van der Waals surface area contributed by atoms with Gasteiger partial charge >= 0.3 is 0 Å². The second-order valence-electron chi connectivity index (χ2n) is 6.50. The third-order valence-electron chi connectivity index (χ3n) is 4.96. The number of allylic oxidation sites excluding steroid dienone is 4. The van der Waals surface area contributed by atoms with Crippen LogP contribution in [0.4, 0.5) is 0 Å². The van der Waals surface area contributed by atoms with Gasteiger partial charge in [0.05, 0.1) is 23.2 Å². The first-order valence-corrected chi connectivity index (χ1v) is 10.2. The van der Waals surface area contributed by atoms with Gasteiger partial charge in [-0.15, -0.1) is 0 Å². The van der Waals surface area contributed by atoms with Crippen molar-refractivity contribution in [3.63, 3.8) is 0 Å². The zero-order valence-corrected chi connectivity index (χ0v) is 18.8. The molecule has 0 bridgehead atoms. The minimum absolute atomic E-state index is 0.0862. The summed E-state index contributed by atoms with van der Waals surface area (Å²) in [6.45, 7) is 0. The van der Waals surface area contributed by atoms with Crippen LogP contribution >= 0.6 is 31.9 Å². The summed E-state index contributed by atoms with van der Waals surface area (Å²) in [6, 6.07) is 6.09. The Bertz CT molecular complexity index is 1160. The molecule has 0 amide bonds. The van der Waals surface area contributed by atoms with E-state index >= 15 is 0 Å². The highest BCUT2D eigenvalue weighted by Gasteiger charge is 2.35. The zero-order valence-electron chi connectivity index (χ0n) is 15.7. The molecule has 8 heteroatoms. The van der Waals surface area contributed by atoms with Crippen LogP contribution in [0.15, 0.2) is 45.4 Å². The number of rotatable bonds is 3. The van der Waals surface area contributed by atoms with Gasteiger partial charge in [0, 0.05) is 45.5 Å². The van der Waals surface area contributed by atoms with Crippen LogP contribution < -0.4 is 9.47 Å². The Morgan fingerprint density at radius 2 is 0.967 bits per heavy atom. The summed E-state index contributed by atoms with van der Waals surface area (Å²) in [5.41, 5.74) is 0.954. The van der Waals surface area contributed by atoms with Gasteiger partial charge in [-0.05, 0) is 56.1 Å². The van der Waals surface area contributed by atoms with Crippen molar-refractivity contribution in [2.45, 2.75) is 0 Å². The highest BCUT2D eigenvalue weighted by molar-refractivity contribution is 9.12. The molecule has 30 heavy (non-hydrogen) atoms. The van der Waals surface area contributed by atoms with Crippen LogP contribution in [-0.2, 0) is 0 Å². The molecule has 2 aromatic carbocycles. The molecule has 0 radical (unpaired) electrons. The molecule has 4 rings (SSSR count). The topological polar surface area (TPSA) is 86.7 Å². The molecule has 2 aliphatic carbocycles. The van der Waals surface area contributed by atoms with Gasteiger partial charge in [0.2, 0.25) is 11.6 Å². The number of hydrogen-bond acceptors (Lipinski definition) is 6. The summed E-state index contributed by atoms with van der Waals surface area (Å²) in [5, 5.41) is 0. The second kappa shape index (κ2) is 7.45. The minimum Gasteiger partial charge on any atom is -0.496 e. The monoisotopic (exact) mass is 530 g/mol. The fourth-order valence-corrected chi connectivity index (χ4v) is 4.50. The first-order chi connectivity index (χ1) is 14.3. The van der Waals surface area contributed by atoms with Gasteiger partial charge < -0.3 is 9.47 Å². The van der Waals surface area contributed by atoms with Crippen molar-refractivity contribution in [1.82, 2.24) is 0 Å². The number of ether oxygens (including phenoxy) is 2. The van der Waals surface area contributed by atoms with Crippen LogP contribution in [-0.4, -0.2) is 37.4 Å². The van der Waals surface area contributed by atoms with Gasteiger partial charge in [-0.3, -0.25) is 19.2 Å². The van der Waals surface area contributed by atoms with E-state index in [2.05, 4.69) is 31.9 Å². The van der Waals surface area contributed by atoms with E-state index in [0.717, 1.165) is 0 Å². The molecule has 0 unspecified atom stereocenters. The fraction of sp³-hybridized carbons (Fsp3) is 0.0909. The van der Waals surface area contributed by atoms with E-state index in [9.17, 15) is 19.2 Å². The molecule has 0 aromatic heterocycles. The van der Waals surface area contributed by atoms with Gasteiger partial charge in [-0.25, -0.2) is 0 Å². The number of ketones is 4. The van der Waals surface area contributed by atoms with Crippen LogP contribution in [0.25, 0.3) is 11.1 Å². The molecule has 0 N–H and O–H groups in total. The van der Waals surface area contributed by atoms with Crippen LogP contribution in [0, 0.1) is 0 Å². The molecule has 0 spiro atoms. The summed E-state index contributed by atoms with van der Waals surface area (Å²) in [6.07, 6.45) is 2.36. The van der Waals surface area contributed by atoms with E-state index in [1.54, 1.807) is 12.1 Å². The number of benzene rings is 2. The smallest absolute Gasteiger partial charge is 0.200 e. The maximum Gasteiger partial charge on any atom is 0.200 e. The van der Waals surface area contributed by atoms with Gasteiger partial charge in [0.15, 0.2) is 11.6 Å². The van der Waals surface area contributed by atoms with Gasteiger partial charge in [0.25, 0.3) is 0 Å². The van der Waals surface area contributed by atoms with Crippen molar-refractivity contribution in [1.29, 1.82) is 0 Å². The Hall–Kier alpha value is -2.84. The predicted octanol–water partition coefficient (Wildman–Crippen LogP) is 4.69. The van der Waals surface area contributed by atoms with Crippen molar-refractivity contribution in [3.8, 4) is 22.6 Å². The number of Topliss-reactive ketones (excluding diaryl/α,β-unsaturated/α-hetero) is 2. The van der Waals surface area contributed by atoms with E-state index in [1.165, 1.54) is 38.5 Å². The van der Waals surface area contributed by atoms with Gasteiger partial charge in [0.1, 0.15) is 11.5 Å². The number of fused-ring (bicyclic) bond motifs is 2. The fourth-order valence-electron chi connectivity index (χ4n) is 3.66. The number of methoxy groups -OCH3 is 2. The van der Waals surface area contributed by atoms with Gasteiger partial charge in [-0.2, -0.15) is 0 Å². The molecular formula is C22H12Br2O6. The molecule has 0 aliphatic heterocycles. The molecular weight excluding hydrogens is 520 g/mol. The molecule has 0 saturated heterocycles. The van der Waals surface area contributed by atoms with Crippen LogP contribution in [0.3, 0.4) is 0 Å². The lowest BCUT2D eigenvalue weighted by Gasteiger charge is -2.24.